The zero-order valence-electron chi connectivity index (χ0n) is 18.1. The Bertz CT molecular complexity index is 1420. The molecule has 0 spiro atoms. The van der Waals surface area contributed by atoms with E-state index in [9.17, 15) is 14.4 Å². The summed E-state index contributed by atoms with van der Waals surface area (Å²) in [6, 6.07) is 16.9. The standard InChI is InChI=1S/C24H23N5O3/c1-4-16-10-8-9-13-19(16)27(2)20(30)15-29-23(31)18-14-25-21(17-11-6-5-7-12-17)26-22(18)28(3)24(29)32/h5-14H,4,15H2,1-3H3. The monoisotopic (exact) mass is 429 g/mol. The van der Waals surface area contributed by atoms with Gasteiger partial charge in [0.05, 0.1) is 0 Å². The summed E-state index contributed by atoms with van der Waals surface area (Å²) in [4.78, 5) is 49.2. The second-order valence-electron chi connectivity index (χ2n) is 7.46. The molecule has 1 amide bonds. The van der Waals surface area contributed by atoms with Crippen LogP contribution in [0.3, 0.4) is 0 Å². The molecule has 0 aliphatic rings. The molecular formula is C24H23N5O3. The molecule has 8 heteroatoms. The van der Waals surface area contributed by atoms with Crippen LogP contribution >= 0.6 is 0 Å². The summed E-state index contributed by atoms with van der Waals surface area (Å²) in [6.45, 7) is 1.63. The topological polar surface area (TPSA) is 90.1 Å². The molecule has 0 atom stereocenters. The number of benzene rings is 2. The molecule has 2 heterocycles. The first kappa shape index (κ1) is 21.2. The van der Waals surface area contributed by atoms with E-state index in [2.05, 4.69) is 9.97 Å². The first-order valence-electron chi connectivity index (χ1n) is 10.3. The Morgan fingerprint density at radius 3 is 2.44 bits per heavy atom. The summed E-state index contributed by atoms with van der Waals surface area (Å²) < 4.78 is 2.21. The maximum atomic E-state index is 13.1. The van der Waals surface area contributed by atoms with E-state index in [0.717, 1.165) is 27.8 Å². The van der Waals surface area contributed by atoms with Gasteiger partial charge in [0.15, 0.2) is 11.5 Å². The Labute approximate surface area is 184 Å². The minimum Gasteiger partial charge on any atom is -0.314 e. The highest BCUT2D eigenvalue weighted by Crippen LogP contribution is 2.20. The average Bonchev–Trinajstić information content (AvgIpc) is 2.84. The molecule has 0 saturated heterocycles. The molecule has 32 heavy (non-hydrogen) atoms. The lowest BCUT2D eigenvalue weighted by Crippen LogP contribution is -2.44. The van der Waals surface area contributed by atoms with Gasteiger partial charge in [-0.25, -0.2) is 14.8 Å². The lowest BCUT2D eigenvalue weighted by atomic mass is 10.1. The van der Waals surface area contributed by atoms with E-state index in [4.69, 9.17) is 0 Å². The van der Waals surface area contributed by atoms with E-state index in [1.54, 1.807) is 7.05 Å². The van der Waals surface area contributed by atoms with Crippen molar-refractivity contribution >= 4 is 22.6 Å². The number of carbonyl (C=O) groups is 1. The summed E-state index contributed by atoms with van der Waals surface area (Å²) in [6.07, 6.45) is 2.16. The molecule has 4 aromatic rings. The molecule has 0 radical (unpaired) electrons. The van der Waals surface area contributed by atoms with Gasteiger partial charge >= 0.3 is 5.69 Å². The number of nitrogens with zero attached hydrogens (tertiary/aromatic N) is 5. The number of aryl methyl sites for hydroxylation is 2. The smallest absolute Gasteiger partial charge is 0.314 e. The molecule has 0 aliphatic heterocycles. The number of anilines is 1. The Hall–Kier alpha value is -4.07. The third-order valence-corrected chi connectivity index (χ3v) is 5.51. The van der Waals surface area contributed by atoms with Gasteiger partial charge in [-0.1, -0.05) is 55.5 Å². The first-order chi connectivity index (χ1) is 15.4. The SMILES string of the molecule is CCc1ccccc1N(C)C(=O)Cn1c(=O)c2cnc(-c3ccccc3)nc2n(C)c1=O. The predicted octanol–water partition coefficient (Wildman–Crippen LogP) is 2.38. The number of carbonyl (C=O) groups excluding carboxylic acids is 1. The molecule has 0 N–H and O–H groups in total. The number of para-hydroxylation sites is 1. The molecule has 4 rings (SSSR count). The van der Waals surface area contributed by atoms with E-state index in [-0.39, 0.29) is 23.5 Å². The zero-order valence-corrected chi connectivity index (χ0v) is 18.1. The zero-order chi connectivity index (χ0) is 22.8. The Kier molecular flexibility index (Phi) is 5.68. The summed E-state index contributed by atoms with van der Waals surface area (Å²) in [7, 11) is 3.17. The molecule has 0 aliphatic carbocycles. The molecule has 2 aromatic carbocycles. The van der Waals surface area contributed by atoms with Crippen molar-refractivity contribution in [1.29, 1.82) is 0 Å². The van der Waals surface area contributed by atoms with E-state index in [1.165, 1.54) is 22.7 Å². The second-order valence-corrected chi connectivity index (χ2v) is 7.46. The van der Waals surface area contributed by atoms with Crippen LogP contribution in [0.25, 0.3) is 22.4 Å². The Morgan fingerprint density at radius 1 is 1.03 bits per heavy atom. The predicted molar refractivity (Wildman–Crippen MR) is 124 cm³/mol. The first-order valence-corrected chi connectivity index (χ1v) is 10.3. The van der Waals surface area contributed by atoms with Crippen molar-refractivity contribution < 1.29 is 4.79 Å². The van der Waals surface area contributed by atoms with Crippen molar-refractivity contribution in [2.24, 2.45) is 7.05 Å². The van der Waals surface area contributed by atoms with Crippen LogP contribution in [0.2, 0.25) is 0 Å². The van der Waals surface area contributed by atoms with E-state index >= 15 is 0 Å². The van der Waals surface area contributed by atoms with Gasteiger partial charge in [0.1, 0.15) is 11.9 Å². The lowest BCUT2D eigenvalue weighted by Gasteiger charge is -2.21. The number of hydrogen-bond donors (Lipinski definition) is 0. The van der Waals surface area contributed by atoms with Crippen LogP contribution in [-0.2, 0) is 24.8 Å². The number of likely N-dealkylation sites (N-methyl/N-ethyl adjacent to an activating group) is 1. The molecule has 0 saturated carbocycles. The Morgan fingerprint density at radius 2 is 1.72 bits per heavy atom. The Balaban J connectivity index is 1.74. The van der Waals surface area contributed by atoms with Crippen LogP contribution in [0.1, 0.15) is 12.5 Å². The summed E-state index contributed by atoms with van der Waals surface area (Å²) in [5, 5.41) is 0.177. The summed E-state index contributed by atoms with van der Waals surface area (Å²) in [5.41, 5.74) is 1.56. The van der Waals surface area contributed by atoms with Gasteiger partial charge in [0.2, 0.25) is 5.91 Å². The molecule has 0 bridgehead atoms. The van der Waals surface area contributed by atoms with Crippen molar-refractivity contribution in [2.75, 3.05) is 11.9 Å². The number of aromatic nitrogens is 4. The molecule has 2 aromatic heterocycles. The molecule has 8 nitrogen and oxygen atoms in total. The van der Waals surface area contributed by atoms with Gasteiger partial charge in [0.25, 0.3) is 5.56 Å². The second kappa shape index (κ2) is 8.58. The fourth-order valence-corrected chi connectivity index (χ4v) is 3.66. The van der Waals surface area contributed by atoms with Crippen LogP contribution in [-0.4, -0.2) is 32.1 Å². The van der Waals surface area contributed by atoms with Crippen LogP contribution in [0.5, 0.6) is 0 Å². The highest BCUT2D eigenvalue weighted by atomic mass is 16.2. The van der Waals surface area contributed by atoms with Gasteiger partial charge < -0.3 is 4.90 Å². The van der Waals surface area contributed by atoms with Crippen molar-refractivity contribution in [3.8, 4) is 11.4 Å². The fraction of sp³-hybridized carbons (Fsp3) is 0.208. The number of rotatable bonds is 5. The third-order valence-electron chi connectivity index (χ3n) is 5.51. The van der Waals surface area contributed by atoms with E-state index in [1.807, 2.05) is 61.5 Å². The van der Waals surface area contributed by atoms with Crippen LogP contribution in [0.15, 0.2) is 70.4 Å². The molecule has 162 valence electrons. The number of fused-ring (bicyclic) bond motifs is 1. The van der Waals surface area contributed by atoms with Crippen LogP contribution in [0.4, 0.5) is 5.69 Å². The highest BCUT2D eigenvalue weighted by molar-refractivity contribution is 5.93. The highest BCUT2D eigenvalue weighted by Gasteiger charge is 2.19. The van der Waals surface area contributed by atoms with Gasteiger partial charge in [-0.2, -0.15) is 0 Å². The van der Waals surface area contributed by atoms with Crippen LogP contribution in [0, 0.1) is 0 Å². The van der Waals surface area contributed by atoms with Crippen LogP contribution < -0.4 is 16.1 Å². The van der Waals surface area contributed by atoms with E-state index < -0.39 is 11.2 Å². The minimum atomic E-state index is -0.606. The number of amides is 1. The largest absolute Gasteiger partial charge is 0.332 e. The van der Waals surface area contributed by atoms with Gasteiger partial charge in [-0.05, 0) is 18.1 Å². The summed E-state index contributed by atoms with van der Waals surface area (Å²) >= 11 is 0. The van der Waals surface area contributed by atoms with Gasteiger partial charge in [0, 0.05) is 31.5 Å². The van der Waals surface area contributed by atoms with Crippen molar-refractivity contribution in [3.63, 3.8) is 0 Å². The summed E-state index contributed by atoms with van der Waals surface area (Å²) in [5.74, 6) is 0.0449. The van der Waals surface area contributed by atoms with Crippen molar-refractivity contribution in [1.82, 2.24) is 19.1 Å². The molecular weight excluding hydrogens is 406 g/mol. The third kappa shape index (κ3) is 3.71. The van der Waals surface area contributed by atoms with Crippen molar-refractivity contribution in [2.45, 2.75) is 19.9 Å². The van der Waals surface area contributed by atoms with E-state index in [0.29, 0.717) is 5.82 Å². The lowest BCUT2D eigenvalue weighted by molar-refractivity contribution is -0.119. The maximum Gasteiger partial charge on any atom is 0.332 e. The maximum absolute atomic E-state index is 13.1. The molecule has 0 unspecified atom stereocenters. The minimum absolute atomic E-state index is 0.177. The van der Waals surface area contributed by atoms with Gasteiger partial charge in [-0.3, -0.25) is 18.7 Å². The fourth-order valence-electron chi connectivity index (χ4n) is 3.66. The normalized spacial score (nSPS) is 11.0. The number of hydrogen-bond acceptors (Lipinski definition) is 5. The van der Waals surface area contributed by atoms with Crippen molar-refractivity contribution in [3.05, 3.63) is 87.2 Å². The van der Waals surface area contributed by atoms with Gasteiger partial charge in [-0.15, -0.1) is 0 Å². The molecule has 0 fully saturated rings. The quantitative estimate of drug-likeness (QED) is 0.486. The average molecular weight is 429 g/mol.